The Kier molecular flexibility index (Phi) is 5.58. The number of hydrogen-bond donors (Lipinski definition) is 2. The largest absolute Gasteiger partial charge is 0.397 e. The topological polar surface area (TPSA) is 55.1 Å². The van der Waals surface area contributed by atoms with E-state index in [1.807, 2.05) is 43.3 Å². The molecule has 0 atom stereocenters. The average molecular weight is 370 g/mol. The first-order valence-electron chi connectivity index (χ1n) is 6.79. The second-order valence-corrected chi connectivity index (χ2v) is 7.28. The van der Waals surface area contributed by atoms with Gasteiger partial charge in [-0.25, -0.2) is 0 Å². The summed E-state index contributed by atoms with van der Waals surface area (Å²) >= 11 is 17.0. The molecule has 0 radical (unpaired) electrons. The van der Waals surface area contributed by atoms with Crippen LogP contribution in [0.5, 0.6) is 0 Å². The van der Waals surface area contributed by atoms with Gasteiger partial charge in [0.2, 0.25) is 5.78 Å². The summed E-state index contributed by atoms with van der Waals surface area (Å²) in [6.45, 7) is 1.97. The number of benzene rings is 2. The van der Waals surface area contributed by atoms with Crippen LogP contribution in [0.1, 0.15) is 11.1 Å². The number of nitrogens with two attached hydrogens (primary N) is 1. The molecule has 0 aliphatic rings. The van der Waals surface area contributed by atoms with E-state index in [-0.39, 0.29) is 0 Å². The van der Waals surface area contributed by atoms with Gasteiger partial charge in [-0.1, -0.05) is 76.8 Å². The molecule has 0 saturated heterocycles. The van der Waals surface area contributed by atoms with Gasteiger partial charge in [-0.05, 0) is 24.6 Å². The molecule has 0 bridgehead atoms. The highest BCUT2D eigenvalue weighted by Crippen LogP contribution is 2.30. The van der Waals surface area contributed by atoms with Crippen LogP contribution in [0.25, 0.3) is 5.70 Å². The first-order chi connectivity index (χ1) is 10.8. The Morgan fingerprint density at radius 3 is 2.26 bits per heavy atom. The molecular formula is C17H15Cl3N2O. The molecule has 0 amide bonds. The van der Waals surface area contributed by atoms with E-state index in [0.717, 1.165) is 11.1 Å². The monoisotopic (exact) mass is 368 g/mol. The lowest BCUT2D eigenvalue weighted by atomic mass is 10.1. The van der Waals surface area contributed by atoms with E-state index in [2.05, 4.69) is 5.32 Å². The molecule has 23 heavy (non-hydrogen) atoms. The maximum absolute atomic E-state index is 12.0. The summed E-state index contributed by atoms with van der Waals surface area (Å²) in [6, 6.07) is 14.8. The Hall–Kier alpha value is -1.68. The molecule has 120 valence electrons. The van der Waals surface area contributed by atoms with E-state index in [0.29, 0.717) is 17.1 Å². The average Bonchev–Trinajstić information content (AvgIpc) is 2.48. The number of nitrogens with one attached hydrogen (secondary N) is 1. The van der Waals surface area contributed by atoms with E-state index >= 15 is 0 Å². The van der Waals surface area contributed by atoms with E-state index < -0.39 is 9.58 Å². The summed E-state index contributed by atoms with van der Waals surface area (Å²) in [5.74, 6) is -0.639. The lowest BCUT2D eigenvalue weighted by Gasteiger charge is -2.15. The predicted octanol–water partition coefficient (Wildman–Crippen LogP) is 4.97. The molecule has 0 unspecified atom stereocenters. The van der Waals surface area contributed by atoms with Crippen molar-refractivity contribution in [3.63, 3.8) is 0 Å². The number of carbonyl (C=O) groups excluding carboxylic acids is 1. The van der Waals surface area contributed by atoms with Crippen LogP contribution in [0.2, 0.25) is 0 Å². The van der Waals surface area contributed by atoms with Gasteiger partial charge in [-0.3, -0.25) is 4.79 Å². The predicted molar refractivity (Wildman–Crippen MR) is 98.9 cm³/mol. The number of nitrogen functional groups attached to an aromatic ring is 1. The molecule has 0 aliphatic carbocycles. The van der Waals surface area contributed by atoms with Gasteiger partial charge in [-0.2, -0.15) is 0 Å². The molecular weight excluding hydrogens is 355 g/mol. The molecule has 3 nitrogen and oxygen atoms in total. The van der Waals surface area contributed by atoms with Crippen LogP contribution in [0.4, 0.5) is 11.4 Å². The second kappa shape index (κ2) is 7.26. The van der Waals surface area contributed by atoms with Gasteiger partial charge in [-0.15, -0.1) is 0 Å². The third-order valence-electron chi connectivity index (χ3n) is 3.15. The van der Waals surface area contributed by atoms with Gasteiger partial charge >= 0.3 is 0 Å². The number of anilines is 2. The molecule has 6 heteroatoms. The second-order valence-electron chi connectivity index (χ2n) is 5.00. The number of alkyl halides is 3. The van der Waals surface area contributed by atoms with Crippen molar-refractivity contribution in [2.24, 2.45) is 0 Å². The molecule has 0 aromatic heterocycles. The first-order valence-corrected chi connectivity index (χ1v) is 7.92. The molecule has 2 aromatic rings. The molecule has 0 fully saturated rings. The maximum Gasteiger partial charge on any atom is 0.252 e. The number of ketones is 1. The van der Waals surface area contributed by atoms with Gasteiger partial charge in [0.15, 0.2) is 0 Å². The smallest absolute Gasteiger partial charge is 0.252 e. The molecule has 0 aliphatic heterocycles. The number of halogens is 3. The molecule has 0 heterocycles. The molecule has 3 N–H and O–H groups in total. The number of para-hydroxylation sites is 2. The minimum absolute atomic E-state index is 0.499. The fourth-order valence-electron chi connectivity index (χ4n) is 1.89. The Balaban J connectivity index is 2.43. The third kappa shape index (κ3) is 4.90. The van der Waals surface area contributed by atoms with Crippen molar-refractivity contribution in [3.8, 4) is 0 Å². The highest BCUT2D eigenvalue weighted by atomic mass is 35.6. The zero-order chi connectivity index (χ0) is 17.0. The first kappa shape index (κ1) is 17.7. The van der Waals surface area contributed by atoms with E-state index in [4.69, 9.17) is 40.5 Å². The zero-order valence-electron chi connectivity index (χ0n) is 12.3. The van der Waals surface area contributed by atoms with Crippen molar-refractivity contribution in [1.29, 1.82) is 0 Å². The number of hydrogen-bond acceptors (Lipinski definition) is 3. The van der Waals surface area contributed by atoms with Crippen molar-refractivity contribution < 1.29 is 4.79 Å². The van der Waals surface area contributed by atoms with Gasteiger partial charge in [0.05, 0.1) is 11.4 Å². The minimum atomic E-state index is -2.01. The summed E-state index contributed by atoms with van der Waals surface area (Å²) in [6.07, 6.45) is 1.27. The lowest BCUT2D eigenvalue weighted by molar-refractivity contribution is -0.113. The van der Waals surface area contributed by atoms with Crippen LogP contribution in [0.15, 0.2) is 54.6 Å². The molecule has 2 aromatic carbocycles. The number of aryl methyl sites for hydroxylation is 1. The van der Waals surface area contributed by atoms with Crippen LogP contribution in [0, 0.1) is 6.92 Å². The molecule has 0 saturated carbocycles. The quantitative estimate of drug-likeness (QED) is 0.454. The van der Waals surface area contributed by atoms with Crippen molar-refractivity contribution in [2.75, 3.05) is 11.1 Å². The van der Waals surface area contributed by atoms with Gasteiger partial charge in [0.25, 0.3) is 3.79 Å². The molecule has 0 spiro atoms. The fraction of sp³-hybridized carbons (Fsp3) is 0.118. The Bertz CT molecular complexity index is 734. The summed E-state index contributed by atoms with van der Waals surface area (Å²) in [7, 11) is 0. The zero-order valence-corrected chi connectivity index (χ0v) is 14.6. The SMILES string of the molecule is Cc1ccc(/C(=C/C(=O)C(Cl)(Cl)Cl)Nc2ccccc2N)cc1. The Morgan fingerprint density at radius 2 is 1.70 bits per heavy atom. The Morgan fingerprint density at radius 1 is 1.09 bits per heavy atom. The standard InChI is InChI=1S/C17H15Cl3N2O/c1-11-6-8-12(9-7-11)15(10-16(23)17(18,19)20)22-14-5-3-2-4-13(14)21/h2-10,22H,21H2,1H3/b15-10-. The lowest BCUT2D eigenvalue weighted by Crippen LogP contribution is -2.17. The van der Waals surface area contributed by atoms with Crippen molar-refractivity contribution in [2.45, 2.75) is 10.7 Å². The third-order valence-corrected chi connectivity index (χ3v) is 3.71. The van der Waals surface area contributed by atoms with E-state index in [9.17, 15) is 4.79 Å². The van der Waals surface area contributed by atoms with Gasteiger partial charge in [0, 0.05) is 11.8 Å². The maximum atomic E-state index is 12.0. The summed E-state index contributed by atoms with van der Waals surface area (Å²) in [5, 5.41) is 3.13. The van der Waals surface area contributed by atoms with Crippen LogP contribution in [-0.4, -0.2) is 9.58 Å². The highest BCUT2D eigenvalue weighted by molar-refractivity contribution is 6.77. The molecule has 2 rings (SSSR count). The van der Waals surface area contributed by atoms with Crippen LogP contribution in [0.3, 0.4) is 0 Å². The van der Waals surface area contributed by atoms with Crippen LogP contribution < -0.4 is 11.1 Å². The van der Waals surface area contributed by atoms with Crippen LogP contribution in [-0.2, 0) is 4.79 Å². The van der Waals surface area contributed by atoms with Gasteiger partial charge < -0.3 is 11.1 Å². The summed E-state index contributed by atoms with van der Waals surface area (Å²) in [5.41, 5.74) is 9.52. The number of allylic oxidation sites excluding steroid dienone is 1. The minimum Gasteiger partial charge on any atom is -0.397 e. The summed E-state index contributed by atoms with van der Waals surface area (Å²) < 4.78 is -2.01. The number of carbonyl (C=O) groups is 1. The van der Waals surface area contributed by atoms with E-state index in [1.165, 1.54) is 6.08 Å². The Labute approximate surface area is 150 Å². The fourth-order valence-corrected chi connectivity index (χ4v) is 2.06. The summed E-state index contributed by atoms with van der Waals surface area (Å²) in [4.78, 5) is 12.0. The normalized spacial score (nSPS) is 12.1. The van der Waals surface area contributed by atoms with Crippen LogP contribution >= 0.6 is 34.8 Å². The van der Waals surface area contributed by atoms with Gasteiger partial charge in [0.1, 0.15) is 0 Å². The highest BCUT2D eigenvalue weighted by Gasteiger charge is 2.29. The van der Waals surface area contributed by atoms with Crippen molar-refractivity contribution in [3.05, 3.63) is 65.7 Å². The number of rotatable bonds is 4. The van der Waals surface area contributed by atoms with Crippen molar-refractivity contribution >= 4 is 57.7 Å². The van der Waals surface area contributed by atoms with Crippen molar-refractivity contribution in [1.82, 2.24) is 0 Å². The van der Waals surface area contributed by atoms with E-state index in [1.54, 1.807) is 12.1 Å².